The third-order valence-electron chi connectivity index (χ3n) is 2.25. The molecule has 0 aliphatic carbocycles. The van der Waals surface area contributed by atoms with Gasteiger partial charge >= 0.3 is 0 Å². The Labute approximate surface area is 95.5 Å². The normalized spacial score (nSPS) is 10.2. The van der Waals surface area contributed by atoms with Gasteiger partial charge in [0.1, 0.15) is 5.82 Å². The zero-order valence-electron chi connectivity index (χ0n) is 9.56. The first-order valence-corrected chi connectivity index (χ1v) is 5.46. The fourth-order valence-electron chi connectivity index (χ4n) is 1.39. The number of hydrogen-bond acceptors (Lipinski definition) is 6. The van der Waals surface area contributed by atoms with E-state index in [-0.39, 0.29) is 6.61 Å². The van der Waals surface area contributed by atoms with Gasteiger partial charge in [0.25, 0.3) is 0 Å². The van der Waals surface area contributed by atoms with Gasteiger partial charge < -0.3 is 15.4 Å². The lowest BCUT2D eigenvalue weighted by Crippen LogP contribution is -2.29. The minimum atomic E-state index is 0.103. The van der Waals surface area contributed by atoms with Crippen molar-refractivity contribution >= 4 is 11.6 Å². The second kappa shape index (κ2) is 6.97. The van der Waals surface area contributed by atoms with Gasteiger partial charge in [0.2, 0.25) is 0 Å². The number of aromatic nitrogens is 2. The van der Waals surface area contributed by atoms with Crippen LogP contribution in [0.5, 0.6) is 0 Å². The van der Waals surface area contributed by atoms with Crippen LogP contribution in [-0.2, 0) is 0 Å². The molecule has 1 aromatic rings. The maximum absolute atomic E-state index is 8.99. The molecule has 0 aliphatic heterocycles. The van der Waals surface area contributed by atoms with Gasteiger partial charge in [-0.15, -0.1) is 0 Å². The SMILES string of the molecule is CCCCN(CCO)c1cncc(NN)n1. The highest BCUT2D eigenvalue weighted by Crippen LogP contribution is 2.12. The molecule has 1 heterocycles. The van der Waals surface area contributed by atoms with Gasteiger partial charge in [0.05, 0.1) is 19.0 Å². The van der Waals surface area contributed by atoms with Crippen molar-refractivity contribution in [3.63, 3.8) is 0 Å². The first-order chi connectivity index (χ1) is 7.81. The smallest absolute Gasteiger partial charge is 0.160 e. The Morgan fingerprint density at radius 3 is 2.88 bits per heavy atom. The van der Waals surface area contributed by atoms with E-state index in [1.165, 1.54) is 0 Å². The Balaban J connectivity index is 2.73. The molecule has 4 N–H and O–H groups in total. The van der Waals surface area contributed by atoms with Gasteiger partial charge in [-0.3, -0.25) is 4.98 Å². The van der Waals surface area contributed by atoms with E-state index in [0.29, 0.717) is 12.4 Å². The van der Waals surface area contributed by atoms with E-state index >= 15 is 0 Å². The molecule has 0 saturated heterocycles. The number of unbranched alkanes of at least 4 members (excludes halogenated alkanes) is 1. The Morgan fingerprint density at radius 1 is 1.44 bits per heavy atom. The second-order valence-electron chi connectivity index (χ2n) is 3.47. The van der Waals surface area contributed by atoms with Crippen LogP contribution in [0.1, 0.15) is 19.8 Å². The van der Waals surface area contributed by atoms with Crippen molar-refractivity contribution in [3.8, 4) is 0 Å². The van der Waals surface area contributed by atoms with E-state index in [2.05, 4.69) is 22.3 Å². The number of rotatable bonds is 7. The molecular weight excluding hydrogens is 206 g/mol. The molecule has 0 atom stereocenters. The topological polar surface area (TPSA) is 87.3 Å². The van der Waals surface area contributed by atoms with Crippen molar-refractivity contribution < 1.29 is 5.11 Å². The van der Waals surface area contributed by atoms with Crippen LogP contribution in [0.4, 0.5) is 11.6 Å². The third kappa shape index (κ3) is 3.63. The predicted octanol–water partition coefficient (Wildman–Crippen LogP) is 0.361. The quantitative estimate of drug-likeness (QED) is 0.459. The van der Waals surface area contributed by atoms with E-state index in [1.807, 2.05) is 4.90 Å². The number of nitrogen functional groups attached to an aromatic ring is 1. The summed E-state index contributed by atoms with van der Waals surface area (Å²) in [4.78, 5) is 10.3. The summed E-state index contributed by atoms with van der Waals surface area (Å²) >= 11 is 0. The summed E-state index contributed by atoms with van der Waals surface area (Å²) in [7, 11) is 0. The third-order valence-corrected chi connectivity index (χ3v) is 2.25. The van der Waals surface area contributed by atoms with Gasteiger partial charge in [-0.2, -0.15) is 0 Å². The number of nitrogens with two attached hydrogens (primary N) is 1. The zero-order valence-corrected chi connectivity index (χ0v) is 9.56. The fourth-order valence-corrected chi connectivity index (χ4v) is 1.39. The van der Waals surface area contributed by atoms with Crippen molar-refractivity contribution in [2.24, 2.45) is 5.84 Å². The highest BCUT2D eigenvalue weighted by molar-refractivity contribution is 5.43. The summed E-state index contributed by atoms with van der Waals surface area (Å²) in [5, 5.41) is 8.99. The van der Waals surface area contributed by atoms with Crippen LogP contribution in [0.2, 0.25) is 0 Å². The van der Waals surface area contributed by atoms with Crippen molar-refractivity contribution in [2.75, 3.05) is 30.0 Å². The number of anilines is 2. The number of hydrazine groups is 1. The predicted molar refractivity (Wildman–Crippen MR) is 64.0 cm³/mol. The van der Waals surface area contributed by atoms with Crippen LogP contribution in [0, 0.1) is 0 Å². The van der Waals surface area contributed by atoms with Crippen LogP contribution in [0.25, 0.3) is 0 Å². The molecule has 0 bridgehead atoms. The molecule has 0 aliphatic rings. The maximum Gasteiger partial charge on any atom is 0.160 e. The first kappa shape index (κ1) is 12.7. The van der Waals surface area contributed by atoms with E-state index in [0.717, 1.165) is 25.2 Å². The highest BCUT2D eigenvalue weighted by Gasteiger charge is 2.07. The molecule has 1 rings (SSSR count). The van der Waals surface area contributed by atoms with Gasteiger partial charge in [-0.05, 0) is 6.42 Å². The average molecular weight is 225 g/mol. The van der Waals surface area contributed by atoms with Crippen LogP contribution in [0.3, 0.4) is 0 Å². The van der Waals surface area contributed by atoms with E-state index in [4.69, 9.17) is 10.9 Å². The second-order valence-corrected chi connectivity index (χ2v) is 3.47. The molecular formula is C10H19N5O. The Morgan fingerprint density at radius 2 is 2.25 bits per heavy atom. The van der Waals surface area contributed by atoms with Crippen molar-refractivity contribution in [1.29, 1.82) is 0 Å². The molecule has 0 saturated carbocycles. The highest BCUT2D eigenvalue weighted by atomic mass is 16.3. The zero-order chi connectivity index (χ0) is 11.8. The summed E-state index contributed by atoms with van der Waals surface area (Å²) in [5.41, 5.74) is 2.46. The number of aliphatic hydroxyl groups is 1. The molecule has 0 radical (unpaired) electrons. The van der Waals surface area contributed by atoms with Gasteiger partial charge in [-0.25, -0.2) is 10.8 Å². The molecule has 0 amide bonds. The average Bonchev–Trinajstić information content (AvgIpc) is 2.34. The van der Waals surface area contributed by atoms with E-state index in [9.17, 15) is 0 Å². The maximum atomic E-state index is 8.99. The number of nitrogens with zero attached hydrogens (tertiary/aromatic N) is 3. The van der Waals surface area contributed by atoms with Crippen molar-refractivity contribution in [3.05, 3.63) is 12.4 Å². The van der Waals surface area contributed by atoms with E-state index in [1.54, 1.807) is 12.4 Å². The number of nitrogens with one attached hydrogen (secondary N) is 1. The summed E-state index contributed by atoms with van der Waals surface area (Å²) in [6.45, 7) is 3.65. The standard InChI is InChI=1S/C10H19N5O/c1-2-3-4-15(5-6-16)10-8-12-7-9(13-10)14-11/h7-8,16H,2-6,11H2,1H3,(H,13,14). The molecule has 90 valence electrons. The lowest BCUT2D eigenvalue weighted by atomic mass is 10.3. The Bertz CT molecular complexity index is 307. The van der Waals surface area contributed by atoms with Gasteiger partial charge in [0.15, 0.2) is 5.82 Å². The van der Waals surface area contributed by atoms with Crippen LogP contribution >= 0.6 is 0 Å². The monoisotopic (exact) mass is 225 g/mol. The summed E-state index contributed by atoms with van der Waals surface area (Å²) in [5.74, 6) is 6.53. The van der Waals surface area contributed by atoms with Crippen LogP contribution in [0.15, 0.2) is 12.4 Å². The lowest BCUT2D eigenvalue weighted by Gasteiger charge is -2.22. The molecule has 1 aromatic heterocycles. The van der Waals surface area contributed by atoms with Crippen LogP contribution < -0.4 is 16.2 Å². The van der Waals surface area contributed by atoms with Crippen molar-refractivity contribution in [2.45, 2.75) is 19.8 Å². The van der Waals surface area contributed by atoms with Gasteiger partial charge in [0, 0.05) is 13.1 Å². The number of aliphatic hydroxyl groups excluding tert-OH is 1. The van der Waals surface area contributed by atoms with Crippen molar-refractivity contribution in [1.82, 2.24) is 9.97 Å². The fraction of sp³-hybridized carbons (Fsp3) is 0.600. The lowest BCUT2D eigenvalue weighted by molar-refractivity contribution is 0.301. The minimum Gasteiger partial charge on any atom is -0.395 e. The number of hydrogen-bond donors (Lipinski definition) is 3. The molecule has 0 fully saturated rings. The summed E-state index contributed by atoms with van der Waals surface area (Å²) in [6.07, 6.45) is 5.39. The molecule has 6 heteroatoms. The van der Waals surface area contributed by atoms with Crippen LogP contribution in [-0.4, -0.2) is 34.8 Å². The molecule has 0 unspecified atom stereocenters. The molecule has 16 heavy (non-hydrogen) atoms. The molecule has 0 aromatic carbocycles. The van der Waals surface area contributed by atoms with Gasteiger partial charge in [-0.1, -0.05) is 13.3 Å². The molecule has 6 nitrogen and oxygen atoms in total. The summed E-state index contributed by atoms with van der Waals surface area (Å²) < 4.78 is 0. The minimum absolute atomic E-state index is 0.103. The summed E-state index contributed by atoms with van der Waals surface area (Å²) in [6, 6.07) is 0. The first-order valence-electron chi connectivity index (χ1n) is 5.46. The van der Waals surface area contributed by atoms with E-state index < -0.39 is 0 Å². The largest absolute Gasteiger partial charge is 0.395 e. The molecule has 0 spiro atoms. The Hall–Kier alpha value is -1.40. The Kier molecular flexibility index (Phi) is 5.52.